The van der Waals surface area contributed by atoms with Crippen molar-refractivity contribution in [2.24, 2.45) is 0 Å². The van der Waals surface area contributed by atoms with Gasteiger partial charge in [-0.2, -0.15) is 13.2 Å². The number of alkyl halides is 3. The molecule has 1 aromatic rings. The van der Waals surface area contributed by atoms with E-state index in [1.165, 1.54) is 12.1 Å². The van der Waals surface area contributed by atoms with Crippen molar-refractivity contribution < 1.29 is 13.2 Å². The van der Waals surface area contributed by atoms with E-state index in [-0.39, 0.29) is 6.08 Å². The highest BCUT2D eigenvalue weighted by molar-refractivity contribution is 6.32. The molecule has 0 aromatic heterocycles. The van der Waals surface area contributed by atoms with Gasteiger partial charge in [-0.1, -0.05) is 29.8 Å². The summed E-state index contributed by atoms with van der Waals surface area (Å²) in [4.78, 5) is 0. The van der Waals surface area contributed by atoms with Crippen LogP contribution in [0.5, 0.6) is 0 Å². The molecular formula is C9H6ClF3. The molecule has 0 spiro atoms. The Hall–Kier alpha value is -0.960. The fourth-order valence-corrected chi connectivity index (χ4v) is 0.993. The Morgan fingerprint density at radius 3 is 2.31 bits per heavy atom. The summed E-state index contributed by atoms with van der Waals surface area (Å²) in [5, 5.41) is 0.308. The first-order chi connectivity index (χ1) is 5.99. The first-order valence-electron chi connectivity index (χ1n) is 3.49. The lowest BCUT2D eigenvalue weighted by Gasteiger charge is -1.99. The Morgan fingerprint density at radius 2 is 1.77 bits per heavy atom. The largest absolute Gasteiger partial charge is 0.409 e. The van der Waals surface area contributed by atoms with Crippen molar-refractivity contribution >= 4 is 17.7 Å². The van der Waals surface area contributed by atoms with Gasteiger partial charge in [0.05, 0.1) is 0 Å². The van der Waals surface area contributed by atoms with Crippen LogP contribution in [0.3, 0.4) is 0 Å². The molecule has 70 valence electrons. The molecule has 0 saturated heterocycles. The SMILES string of the molecule is FC(F)(F)C=Cc1ccccc1Cl. The minimum atomic E-state index is -4.29. The Balaban J connectivity index is 2.86. The Bertz CT molecular complexity index is 315. The van der Waals surface area contributed by atoms with Crippen molar-refractivity contribution in [1.29, 1.82) is 0 Å². The normalized spacial score (nSPS) is 12.3. The van der Waals surface area contributed by atoms with E-state index in [4.69, 9.17) is 11.6 Å². The van der Waals surface area contributed by atoms with Gasteiger partial charge in [0.25, 0.3) is 0 Å². The van der Waals surface area contributed by atoms with Gasteiger partial charge in [-0.3, -0.25) is 0 Å². The van der Waals surface area contributed by atoms with E-state index < -0.39 is 6.18 Å². The molecule has 0 aliphatic heterocycles. The van der Waals surface area contributed by atoms with Gasteiger partial charge in [0, 0.05) is 11.1 Å². The summed E-state index contributed by atoms with van der Waals surface area (Å²) < 4.78 is 35.2. The second kappa shape index (κ2) is 3.83. The smallest absolute Gasteiger partial charge is 0.167 e. The number of hydrogen-bond acceptors (Lipinski definition) is 0. The van der Waals surface area contributed by atoms with E-state index in [1.54, 1.807) is 12.1 Å². The molecule has 0 atom stereocenters. The van der Waals surface area contributed by atoms with Gasteiger partial charge in [0.1, 0.15) is 0 Å². The van der Waals surface area contributed by atoms with Gasteiger partial charge in [0.15, 0.2) is 0 Å². The fraction of sp³-hybridized carbons (Fsp3) is 0.111. The van der Waals surface area contributed by atoms with Crippen molar-refractivity contribution in [3.05, 3.63) is 40.9 Å². The zero-order valence-electron chi connectivity index (χ0n) is 6.48. The summed E-state index contributed by atoms with van der Waals surface area (Å²) in [7, 11) is 0. The van der Waals surface area contributed by atoms with E-state index in [9.17, 15) is 13.2 Å². The molecule has 13 heavy (non-hydrogen) atoms. The van der Waals surface area contributed by atoms with Crippen molar-refractivity contribution in [3.8, 4) is 0 Å². The summed E-state index contributed by atoms with van der Waals surface area (Å²) in [6.07, 6.45) is -3.18. The predicted octanol–water partition coefficient (Wildman–Crippen LogP) is 3.92. The van der Waals surface area contributed by atoms with Crippen molar-refractivity contribution in [2.75, 3.05) is 0 Å². The van der Waals surface area contributed by atoms with Crippen molar-refractivity contribution in [1.82, 2.24) is 0 Å². The molecule has 1 aromatic carbocycles. The Morgan fingerprint density at radius 1 is 1.15 bits per heavy atom. The quantitative estimate of drug-likeness (QED) is 0.654. The molecule has 0 radical (unpaired) electrons. The first-order valence-corrected chi connectivity index (χ1v) is 3.87. The van der Waals surface area contributed by atoms with Crippen LogP contribution in [-0.2, 0) is 0 Å². The van der Waals surface area contributed by atoms with Crippen LogP contribution in [-0.4, -0.2) is 6.18 Å². The maximum absolute atomic E-state index is 11.7. The number of allylic oxidation sites excluding steroid dienone is 1. The minimum absolute atomic E-state index is 0.161. The van der Waals surface area contributed by atoms with E-state index in [0.717, 1.165) is 6.08 Å². The van der Waals surface area contributed by atoms with Crippen LogP contribution in [0.25, 0.3) is 6.08 Å². The molecule has 1 rings (SSSR count). The summed E-state index contributed by atoms with van der Waals surface area (Å²) in [6, 6.07) is 6.34. The zero-order valence-corrected chi connectivity index (χ0v) is 7.23. The maximum Gasteiger partial charge on any atom is 0.409 e. The molecule has 0 aliphatic rings. The highest BCUT2D eigenvalue weighted by atomic mass is 35.5. The average molecular weight is 207 g/mol. The summed E-state index contributed by atoms with van der Waals surface area (Å²) in [5.41, 5.74) is 0.362. The van der Waals surface area contributed by atoms with Gasteiger partial charge in [-0.25, -0.2) is 0 Å². The molecule has 0 aliphatic carbocycles. The van der Waals surface area contributed by atoms with E-state index in [2.05, 4.69) is 0 Å². The molecule has 0 nitrogen and oxygen atoms in total. The molecule has 0 bridgehead atoms. The summed E-state index contributed by atoms with van der Waals surface area (Å²) >= 11 is 5.63. The van der Waals surface area contributed by atoms with Crippen molar-refractivity contribution in [2.45, 2.75) is 6.18 Å². The van der Waals surface area contributed by atoms with E-state index >= 15 is 0 Å². The van der Waals surface area contributed by atoms with Gasteiger partial charge < -0.3 is 0 Å². The van der Waals surface area contributed by atoms with Crippen LogP contribution >= 0.6 is 11.6 Å². The number of halogens is 4. The molecule has 0 amide bonds. The monoisotopic (exact) mass is 206 g/mol. The summed E-state index contributed by atoms with van der Waals surface area (Å²) in [6.45, 7) is 0. The fourth-order valence-electron chi connectivity index (χ4n) is 0.795. The standard InChI is InChI=1S/C9H6ClF3/c10-8-4-2-1-3-7(8)5-6-9(11,12)13/h1-6H. The highest BCUT2D eigenvalue weighted by Crippen LogP contribution is 2.21. The number of benzene rings is 1. The third kappa shape index (κ3) is 3.51. The van der Waals surface area contributed by atoms with Gasteiger partial charge in [-0.15, -0.1) is 0 Å². The third-order valence-corrected chi connectivity index (χ3v) is 1.70. The lowest BCUT2D eigenvalue weighted by Crippen LogP contribution is -2.00. The highest BCUT2D eigenvalue weighted by Gasteiger charge is 2.21. The van der Waals surface area contributed by atoms with Crippen LogP contribution in [0.15, 0.2) is 30.3 Å². The second-order valence-corrected chi connectivity index (χ2v) is 2.80. The van der Waals surface area contributed by atoms with Gasteiger partial charge in [0.2, 0.25) is 0 Å². The molecule has 0 fully saturated rings. The molecular weight excluding hydrogens is 201 g/mol. The maximum atomic E-state index is 11.7. The van der Waals surface area contributed by atoms with Crippen LogP contribution in [0, 0.1) is 0 Å². The molecule has 4 heteroatoms. The lowest BCUT2D eigenvalue weighted by atomic mass is 10.2. The van der Waals surface area contributed by atoms with Crippen molar-refractivity contribution in [3.63, 3.8) is 0 Å². The van der Waals surface area contributed by atoms with E-state index in [0.29, 0.717) is 10.6 Å². The Labute approximate surface area is 78.6 Å². The molecule has 0 unspecified atom stereocenters. The first kappa shape index (κ1) is 10.1. The Kier molecular flexibility index (Phi) is 2.98. The second-order valence-electron chi connectivity index (χ2n) is 2.40. The van der Waals surface area contributed by atoms with Gasteiger partial charge in [-0.05, 0) is 17.7 Å². The van der Waals surface area contributed by atoms with Crippen LogP contribution < -0.4 is 0 Å². The van der Waals surface area contributed by atoms with E-state index in [1.807, 2.05) is 0 Å². The average Bonchev–Trinajstić information content (AvgIpc) is 2.01. The van der Waals surface area contributed by atoms with Gasteiger partial charge >= 0.3 is 6.18 Å². The van der Waals surface area contributed by atoms with Crippen LogP contribution in [0.4, 0.5) is 13.2 Å². The number of hydrogen-bond donors (Lipinski definition) is 0. The molecule has 0 N–H and O–H groups in total. The minimum Gasteiger partial charge on any atom is -0.167 e. The predicted molar refractivity (Wildman–Crippen MR) is 46.5 cm³/mol. The van der Waals surface area contributed by atoms with Crippen LogP contribution in [0.1, 0.15) is 5.56 Å². The zero-order chi connectivity index (χ0) is 9.90. The topological polar surface area (TPSA) is 0 Å². The molecule has 0 heterocycles. The van der Waals surface area contributed by atoms with Crippen LogP contribution in [0.2, 0.25) is 5.02 Å². The third-order valence-electron chi connectivity index (χ3n) is 1.36. The summed E-state index contributed by atoms with van der Waals surface area (Å²) in [5.74, 6) is 0. The number of rotatable bonds is 1. The molecule has 0 saturated carbocycles. The lowest BCUT2D eigenvalue weighted by molar-refractivity contribution is -0.0790.